The molecule has 146 valence electrons. The quantitative estimate of drug-likeness (QED) is 0.528. The van der Waals surface area contributed by atoms with Crippen LogP contribution in [0.2, 0.25) is 0 Å². The van der Waals surface area contributed by atoms with Crippen LogP contribution in [0.5, 0.6) is 17.2 Å². The lowest BCUT2D eigenvalue weighted by atomic mass is 9.85. The van der Waals surface area contributed by atoms with Gasteiger partial charge in [0.05, 0.1) is 7.11 Å². The lowest BCUT2D eigenvalue weighted by Gasteiger charge is -2.24. The molecule has 2 aromatic carbocycles. The Kier molecular flexibility index (Phi) is 7.08. The molecule has 4 nitrogen and oxygen atoms in total. The van der Waals surface area contributed by atoms with Crippen molar-refractivity contribution in [3.63, 3.8) is 0 Å². The normalized spacial score (nSPS) is 11.1. The van der Waals surface area contributed by atoms with E-state index in [0.29, 0.717) is 29.7 Å². The van der Waals surface area contributed by atoms with Gasteiger partial charge in [0.15, 0.2) is 11.5 Å². The van der Waals surface area contributed by atoms with E-state index in [1.807, 2.05) is 12.1 Å². The second kappa shape index (κ2) is 9.09. The Hall–Kier alpha value is -2.27. The third-order valence-electron chi connectivity index (χ3n) is 4.31. The summed E-state index contributed by atoms with van der Waals surface area (Å²) in [5.41, 5.74) is 8.96. The highest BCUT2D eigenvalue weighted by Gasteiger charge is 2.19. The molecule has 0 saturated heterocycles. The molecule has 0 amide bonds. The van der Waals surface area contributed by atoms with E-state index in [2.05, 4.69) is 39.8 Å². The molecule has 0 aliphatic carbocycles. The van der Waals surface area contributed by atoms with Crippen LogP contribution >= 0.6 is 12.2 Å². The minimum atomic E-state index is 0.00967. The van der Waals surface area contributed by atoms with Gasteiger partial charge in [-0.25, -0.2) is 0 Å². The van der Waals surface area contributed by atoms with E-state index in [-0.39, 0.29) is 5.41 Å². The van der Waals surface area contributed by atoms with Gasteiger partial charge < -0.3 is 19.9 Å². The Morgan fingerprint density at radius 1 is 0.963 bits per heavy atom. The van der Waals surface area contributed by atoms with Crippen LogP contribution in [0.15, 0.2) is 36.4 Å². The van der Waals surface area contributed by atoms with Crippen molar-refractivity contribution in [2.24, 2.45) is 5.73 Å². The molecule has 0 aliphatic rings. The van der Waals surface area contributed by atoms with E-state index < -0.39 is 0 Å². The number of aryl methyl sites for hydroxylation is 1. The molecular formula is C22H29NO3S. The molecule has 2 N–H and O–H groups in total. The fourth-order valence-corrected chi connectivity index (χ4v) is 2.88. The maximum absolute atomic E-state index is 6.02. The largest absolute Gasteiger partial charge is 0.493 e. The second-order valence-corrected chi connectivity index (χ2v) is 7.80. The number of rotatable bonds is 8. The molecule has 0 spiro atoms. The average Bonchev–Trinajstić information content (AvgIpc) is 2.64. The third-order valence-corrected chi connectivity index (χ3v) is 4.54. The van der Waals surface area contributed by atoms with Crippen molar-refractivity contribution in [3.8, 4) is 17.2 Å². The Balaban J connectivity index is 2.05. The van der Waals surface area contributed by atoms with Gasteiger partial charge in [0, 0.05) is 5.56 Å². The van der Waals surface area contributed by atoms with Crippen molar-refractivity contribution in [2.75, 3.05) is 20.3 Å². The summed E-state index contributed by atoms with van der Waals surface area (Å²) in [6.07, 6.45) is 1.01. The van der Waals surface area contributed by atoms with Gasteiger partial charge in [0.25, 0.3) is 0 Å². The fourth-order valence-electron chi connectivity index (χ4n) is 2.76. The van der Waals surface area contributed by atoms with Gasteiger partial charge in [-0.05, 0) is 47.2 Å². The van der Waals surface area contributed by atoms with Gasteiger partial charge in [-0.2, -0.15) is 0 Å². The molecule has 0 heterocycles. The second-order valence-electron chi connectivity index (χ2n) is 7.36. The van der Waals surface area contributed by atoms with Gasteiger partial charge in [0.1, 0.15) is 24.0 Å². The lowest BCUT2D eigenvalue weighted by molar-refractivity contribution is 0.208. The molecule has 0 aliphatic heterocycles. The molecule has 0 atom stereocenters. The van der Waals surface area contributed by atoms with Crippen molar-refractivity contribution in [3.05, 3.63) is 53.1 Å². The summed E-state index contributed by atoms with van der Waals surface area (Å²) < 4.78 is 17.2. The van der Waals surface area contributed by atoms with Crippen molar-refractivity contribution >= 4 is 17.2 Å². The minimum Gasteiger partial charge on any atom is -0.493 e. The van der Waals surface area contributed by atoms with Crippen LogP contribution < -0.4 is 19.9 Å². The molecular weight excluding hydrogens is 358 g/mol. The molecule has 27 heavy (non-hydrogen) atoms. The Morgan fingerprint density at radius 3 is 2.15 bits per heavy atom. The highest BCUT2D eigenvalue weighted by molar-refractivity contribution is 7.80. The van der Waals surface area contributed by atoms with Gasteiger partial charge in [-0.15, -0.1) is 0 Å². The average molecular weight is 388 g/mol. The molecule has 0 bridgehead atoms. The fraction of sp³-hybridized carbons (Fsp3) is 0.409. The topological polar surface area (TPSA) is 53.7 Å². The van der Waals surface area contributed by atoms with Gasteiger partial charge in [-0.1, -0.05) is 52.0 Å². The van der Waals surface area contributed by atoms with Crippen molar-refractivity contribution in [1.82, 2.24) is 0 Å². The van der Waals surface area contributed by atoms with Gasteiger partial charge in [-0.3, -0.25) is 0 Å². The standard InChI is InChI=1S/C22H29NO3S/c1-6-15-7-9-18(17(13-15)22(2,3)4)25-11-12-26-20-14-16(21(23)27)8-10-19(20)24-5/h7-10,13-14H,6,11-12H2,1-5H3,(H2,23,27). The molecule has 5 heteroatoms. The first-order valence-corrected chi connectivity index (χ1v) is 9.54. The van der Waals surface area contributed by atoms with Crippen LogP contribution in [0.1, 0.15) is 44.4 Å². The van der Waals surface area contributed by atoms with Gasteiger partial charge in [0.2, 0.25) is 0 Å². The Morgan fingerprint density at radius 2 is 1.59 bits per heavy atom. The highest BCUT2D eigenvalue weighted by atomic mass is 32.1. The number of methoxy groups -OCH3 is 1. The van der Waals surface area contributed by atoms with E-state index in [4.69, 9.17) is 32.2 Å². The Bertz CT molecular complexity index is 797. The van der Waals surface area contributed by atoms with Crippen molar-refractivity contribution in [2.45, 2.75) is 39.5 Å². The van der Waals surface area contributed by atoms with Crippen LogP contribution in [0.25, 0.3) is 0 Å². The monoisotopic (exact) mass is 387 g/mol. The summed E-state index contributed by atoms with van der Waals surface area (Å²) in [6, 6.07) is 11.8. The molecule has 0 unspecified atom stereocenters. The van der Waals surface area contributed by atoms with Crippen LogP contribution in [0.3, 0.4) is 0 Å². The number of ether oxygens (including phenoxy) is 3. The first-order valence-electron chi connectivity index (χ1n) is 9.13. The first-order chi connectivity index (χ1) is 12.8. The van der Waals surface area contributed by atoms with Crippen LogP contribution in [-0.4, -0.2) is 25.3 Å². The van der Waals surface area contributed by atoms with Crippen LogP contribution in [-0.2, 0) is 11.8 Å². The predicted molar refractivity (Wildman–Crippen MR) is 114 cm³/mol. The van der Waals surface area contributed by atoms with Crippen LogP contribution in [0.4, 0.5) is 0 Å². The number of thiocarbonyl (C=S) groups is 1. The summed E-state index contributed by atoms with van der Waals surface area (Å²) in [6.45, 7) is 9.54. The number of nitrogens with two attached hydrogens (primary N) is 1. The smallest absolute Gasteiger partial charge is 0.162 e. The number of hydrogen-bond donors (Lipinski definition) is 1. The van der Waals surface area contributed by atoms with Gasteiger partial charge >= 0.3 is 0 Å². The number of benzene rings is 2. The molecule has 0 aromatic heterocycles. The SMILES string of the molecule is CCc1ccc(OCCOc2cc(C(N)=S)ccc2OC)c(C(C)(C)C)c1. The number of hydrogen-bond acceptors (Lipinski definition) is 4. The molecule has 0 radical (unpaired) electrons. The molecule has 0 fully saturated rings. The summed E-state index contributed by atoms with van der Waals surface area (Å²) in [5.74, 6) is 2.13. The summed E-state index contributed by atoms with van der Waals surface area (Å²) in [7, 11) is 1.60. The first kappa shape index (κ1) is 21.0. The third kappa shape index (κ3) is 5.60. The van der Waals surface area contributed by atoms with E-state index in [0.717, 1.165) is 17.7 Å². The Labute approximate surface area is 167 Å². The summed E-state index contributed by atoms with van der Waals surface area (Å²) in [5, 5.41) is 0. The zero-order valence-electron chi connectivity index (χ0n) is 16.8. The highest BCUT2D eigenvalue weighted by Crippen LogP contribution is 2.32. The van der Waals surface area contributed by atoms with Crippen molar-refractivity contribution < 1.29 is 14.2 Å². The zero-order chi connectivity index (χ0) is 20.0. The predicted octanol–water partition coefficient (Wildman–Crippen LogP) is 4.65. The molecule has 2 rings (SSSR count). The summed E-state index contributed by atoms with van der Waals surface area (Å²) in [4.78, 5) is 0.324. The van der Waals surface area contributed by atoms with E-state index in [1.54, 1.807) is 19.2 Å². The zero-order valence-corrected chi connectivity index (χ0v) is 17.6. The minimum absolute atomic E-state index is 0.00967. The van der Waals surface area contributed by atoms with Crippen molar-refractivity contribution in [1.29, 1.82) is 0 Å². The lowest BCUT2D eigenvalue weighted by Crippen LogP contribution is -2.16. The van der Waals surface area contributed by atoms with E-state index >= 15 is 0 Å². The maximum atomic E-state index is 6.02. The van der Waals surface area contributed by atoms with E-state index in [1.165, 1.54) is 11.1 Å². The van der Waals surface area contributed by atoms with Crippen LogP contribution in [0, 0.1) is 0 Å². The maximum Gasteiger partial charge on any atom is 0.162 e. The van der Waals surface area contributed by atoms with E-state index in [9.17, 15) is 0 Å². The molecule has 2 aromatic rings. The molecule has 0 saturated carbocycles. The summed E-state index contributed by atoms with van der Waals surface area (Å²) >= 11 is 5.03.